The third-order valence-corrected chi connectivity index (χ3v) is 6.72. The van der Waals surface area contributed by atoms with Crippen molar-refractivity contribution in [1.82, 2.24) is 14.9 Å². The molecular weight excluding hydrogens is 452 g/mol. The van der Waals surface area contributed by atoms with Crippen LogP contribution in [0.4, 0.5) is 11.4 Å². The maximum absolute atomic E-state index is 11.8. The highest BCUT2D eigenvalue weighted by molar-refractivity contribution is 5.87. The summed E-state index contributed by atoms with van der Waals surface area (Å²) < 4.78 is 10.2. The predicted molar refractivity (Wildman–Crippen MR) is 135 cm³/mol. The number of hydrogen-bond donors (Lipinski definition) is 2. The number of aromatic amines is 2. The van der Waals surface area contributed by atoms with E-state index in [1.807, 2.05) is 36.4 Å². The van der Waals surface area contributed by atoms with Gasteiger partial charge in [-0.2, -0.15) is 0 Å². The molecule has 35 heavy (non-hydrogen) atoms. The van der Waals surface area contributed by atoms with Gasteiger partial charge in [-0.25, -0.2) is 9.59 Å². The molecule has 11 nitrogen and oxygen atoms in total. The van der Waals surface area contributed by atoms with E-state index in [0.717, 1.165) is 43.1 Å². The maximum atomic E-state index is 11.8. The molecule has 0 atom stereocenters. The molecule has 2 N–H and O–H groups in total. The average Bonchev–Trinajstić information content (AvgIpc) is 3.40. The second-order valence-corrected chi connectivity index (χ2v) is 9.36. The minimum atomic E-state index is -0.445. The number of oxazole rings is 2. The third kappa shape index (κ3) is 4.97. The molecule has 0 aliphatic carbocycles. The van der Waals surface area contributed by atoms with Crippen LogP contribution in [0.15, 0.2) is 54.8 Å². The fourth-order valence-electron chi connectivity index (χ4n) is 4.59. The van der Waals surface area contributed by atoms with Crippen LogP contribution in [0.1, 0.15) is 0 Å². The lowest BCUT2D eigenvalue weighted by Crippen LogP contribution is -2.53. The quantitative estimate of drug-likeness (QED) is 0.327. The molecule has 2 fully saturated rings. The summed E-state index contributed by atoms with van der Waals surface area (Å²) in [6.07, 6.45) is 0. The summed E-state index contributed by atoms with van der Waals surface area (Å²) in [4.78, 5) is 34.4. The van der Waals surface area contributed by atoms with Crippen molar-refractivity contribution < 1.29 is 13.5 Å². The van der Waals surface area contributed by atoms with Gasteiger partial charge in [-0.1, -0.05) is 12.1 Å². The highest BCUT2D eigenvalue weighted by Crippen LogP contribution is 2.27. The zero-order valence-electron chi connectivity index (χ0n) is 20.0. The van der Waals surface area contributed by atoms with Gasteiger partial charge in [0.25, 0.3) is 0 Å². The van der Waals surface area contributed by atoms with Crippen LogP contribution < -0.4 is 21.3 Å². The number of quaternary nitrogens is 1. The number of para-hydroxylation sites is 2. The van der Waals surface area contributed by atoms with Gasteiger partial charge in [0.15, 0.2) is 11.2 Å². The molecule has 2 saturated heterocycles. The third-order valence-electron chi connectivity index (χ3n) is 6.72. The minimum Gasteiger partial charge on any atom is -0.633 e. The largest absolute Gasteiger partial charge is 0.633 e. The molecule has 2 aliphatic rings. The van der Waals surface area contributed by atoms with Crippen molar-refractivity contribution in [3.8, 4) is 0 Å². The van der Waals surface area contributed by atoms with Crippen LogP contribution in [0.5, 0.6) is 0 Å². The van der Waals surface area contributed by atoms with E-state index in [-0.39, 0.29) is 10.4 Å². The Morgan fingerprint density at radius 3 is 1.71 bits per heavy atom. The van der Waals surface area contributed by atoms with Crippen molar-refractivity contribution in [2.45, 2.75) is 0 Å². The van der Waals surface area contributed by atoms with Crippen molar-refractivity contribution in [3.63, 3.8) is 0 Å². The Morgan fingerprint density at radius 2 is 1.23 bits per heavy atom. The highest BCUT2D eigenvalue weighted by atomic mass is 16.5. The number of hydroxylamine groups is 3. The molecule has 2 aliphatic heterocycles. The summed E-state index contributed by atoms with van der Waals surface area (Å²) in [6.45, 7) is 6.43. The number of aromatic nitrogens is 2. The van der Waals surface area contributed by atoms with Gasteiger partial charge >= 0.3 is 11.5 Å². The number of H-pyrrole nitrogens is 2. The van der Waals surface area contributed by atoms with E-state index in [2.05, 4.69) is 31.7 Å². The molecule has 0 unspecified atom stereocenters. The number of piperazine rings is 2. The molecule has 0 spiro atoms. The first-order valence-corrected chi connectivity index (χ1v) is 11.8. The fourth-order valence-corrected chi connectivity index (χ4v) is 4.59. The van der Waals surface area contributed by atoms with Crippen molar-refractivity contribution in [2.75, 3.05) is 76.3 Å². The van der Waals surface area contributed by atoms with E-state index >= 15 is 0 Å². The van der Waals surface area contributed by atoms with Gasteiger partial charge in [-0.15, -0.1) is 0 Å². The fraction of sp³-hybridized carbons (Fsp3) is 0.417. The van der Waals surface area contributed by atoms with Crippen molar-refractivity contribution >= 4 is 33.6 Å². The topological polar surface area (TPSA) is 125 Å². The van der Waals surface area contributed by atoms with Gasteiger partial charge < -0.3 is 33.4 Å². The van der Waals surface area contributed by atoms with E-state index in [9.17, 15) is 14.8 Å². The van der Waals surface area contributed by atoms with Crippen molar-refractivity contribution in [1.29, 1.82) is 0 Å². The molecule has 186 valence electrons. The lowest BCUT2D eigenvalue weighted by Gasteiger charge is -2.45. The number of fused-ring (bicyclic) bond motifs is 2. The van der Waals surface area contributed by atoms with Crippen molar-refractivity contribution in [3.05, 3.63) is 62.7 Å². The summed E-state index contributed by atoms with van der Waals surface area (Å²) in [6, 6.07) is 11.4. The first-order valence-electron chi connectivity index (χ1n) is 11.8. The number of anilines is 2. The Morgan fingerprint density at radius 1 is 0.771 bits per heavy atom. The molecule has 11 heteroatoms. The summed E-state index contributed by atoms with van der Waals surface area (Å²) in [5.41, 5.74) is 4.60. The van der Waals surface area contributed by atoms with E-state index in [0.29, 0.717) is 42.9 Å². The van der Waals surface area contributed by atoms with Crippen LogP contribution in [0.25, 0.3) is 22.2 Å². The highest BCUT2D eigenvalue weighted by Gasteiger charge is 2.24. The Balaban J connectivity index is 0.000000145. The zero-order valence-corrected chi connectivity index (χ0v) is 20.0. The summed E-state index contributed by atoms with van der Waals surface area (Å²) in [5, 5.41) is 11.8. The number of nitrogens with one attached hydrogen (secondary N) is 2. The first-order chi connectivity index (χ1) is 16.8. The second kappa shape index (κ2) is 9.25. The van der Waals surface area contributed by atoms with Gasteiger partial charge in [0.2, 0.25) is 0 Å². The van der Waals surface area contributed by atoms with E-state index in [1.54, 1.807) is 7.05 Å². The van der Waals surface area contributed by atoms with Crippen LogP contribution >= 0.6 is 0 Å². The molecule has 0 amide bonds. The van der Waals surface area contributed by atoms with Gasteiger partial charge in [-0.3, -0.25) is 9.97 Å². The molecule has 4 aromatic rings. The maximum Gasteiger partial charge on any atom is 0.417 e. The number of benzene rings is 2. The smallest absolute Gasteiger partial charge is 0.417 e. The number of rotatable bonds is 2. The summed E-state index contributed by atoms with van der Waals surface area (Å²) in [5.74, 6) is -0.833. The van der Waals surface area contributed by atoms with Gasteiger partial charge in [0, 0.05) is 26.2 Å². The van der Waals surface area contributed by atoms with E-state index < -0.39 is 5.76 Å². The average molecular weight is 483 g/mol. The Hall–Kier alpha value is -3.54. The lowest BCUT2D eigenvalue weighted by atomic mass is 10.2. The Labute approximate surface area is 201 Å². The molecule has 0 saturated carbocycles. The zero-order chi connectivity index (χ0) is 24.6. The van der Waals surface area contributed by atoms with E-state index in [4.69, 9.17) is 8.83 Å². The standard InChI is InChI=1S/C12H15N3O3.C12H15N3O2/c1-15(17)7-5-14(6-8-15)10-4-2-3-9-11(10)18-12(16)13-9;1-14-5-7-15(8-6-14)10-4-2-3-9-11(10)17-12(16)13-9/h2-4H,5-8H2,1H3,(H,13,16);2-4H,5-8H2,1H3,(H,13,16). The lowest BCUT2D eigenvalue weighted by molar-refractivity contribution is -0.861. The molecule has 2 aromatic heterocycles. The minimum absolute atomic E-state index is 0.205. The first kappa shape index (κ1) is 23.2. The van der Waals surface area contributed by atoms with Gasteiger partial charge in [0.1, 0.15) is 0 Å². The SMILES string of the molecule is CN1CCN(c2cccc3[nH]c(=O)oc23)CC1.C[N+]1([O-])CCN(c2cccc3[nH]c(=O)oc23)CC1. The van der Waals surface area contributed by atoms with Gasteiger partial charge in [0.05, 0.1) is 55.6 Å². The van der Waals surface area contributed by atoms with Crippen LogP contribution in [-0.4, -0.2) is 86.0 Å². The Kier molecular flexibility index (Phi) is 6.13. The van der Waals surface area contributed by atoms with E-state index in [1.165, 1.54) is 0 Å². The molecule has 0 radical (unpaired) electrons. The Bertz CT molecular complexity index is 1420. The van der Waals surface area contributed by atoms with Crippen LogP contribution in [0.2, 0.25) is 0 Å². The molecule has 6 rings (SSSR count). The van der Waals surface area contributed by atoms with Crippen LogP contribution in [0.3, 0.4) is 0 Å². The summed E-state index contributed by atoms with van der Waals surface area (Å²) in [7, 11) is 3.81. The predicted octanol–water partition coefficient (Wildman–Crippen LogP) is 1.76. The van der Waals surface area contributed by atoms with Crippen LogP contribution in [0, 0.1) is 5.21 Å². The number of likely N-dealkylation sites (N-methyl/N-ethyl adjacent to an activating group) is 2. The normalized spacial score (nSPS) is 18.6. The second-order valence-electron chi connectivity index (χ2n) is 9.36. The molecule has 4 heterocycles. The molecule has 0 bridgehead atoms. The van der Waals surface area contributed by atoms with Crippen molar-refractivity contribution in [2.24, 2.45) is 0 Å². The van der Waals surface area contributed by atoms with Gasteiger partial charge in [-0.05, 0) is 31.3 Å². The molecule has 2 aromatic carbocycles. The van der Waals surface area contributed by atoms with Crippen LogP contribution in [-0.2, 0) is 0 Å². The number of nitrogens with zero attached hydrogens (tertiary/aromatic N) is 4. The summed E-state index contributed by atoms with van der Waals surface area (Å²) >= 11 is 0. The monoisotopic (exact) mass is 482 g/mol. The molecular formula is C24H30N6O5. The number of hydrogen-bond acceptors (Lipinski definition) is 8.